The number of para-hydroxylation sites is 2. The molecule has 15 heavy (non-hydrogen) atoms. The van der Waals surface area contributed by atoms with Crippen LogP contribution in [0.3, 0.4) is 0 Å². The van der Waals surface area contributed by atoms with Crippen molar-refractivity contribution in [3.63, 3.8) is 0 Å². The zero-order valence-electron chi connectivity index (χ0n) is 8.31. The largest absolute Gasteiger partial charge is 1.00 e. The van der Waals surface area contributed by atoms with Gasteiger partial charge >= 0.3 is 0 Å². The molecule has 1 heterocycles. The fourth-order valence-corrected chi connectivity index (χ4v) is 1.65. The number of nitrogens with two attached hydrogens (primary N) is 1. The first-order valence-corrected chi connectivity index (χ1v) is 4.37. The Morgan fingerprint density at radius 3 is 2.80 bits per heavy atom. The summed E-state index contributed by atoms with van der Waals surface area (Å²) in [5, 5.41) is 8.69. The third-order valence-corrected chi connectivity index (χ3v) is 2.40. The lowest BCUT2D eigenvalue weighted by atomic mass is 10.3. The van der Waals surface area contributed by atoms with Gasteiger partial charge in [0.2, 0.25) is 0 Å². The Kier molecular flexibility index (Phi) is 3.17. The van der Waals surface area contributed by atoms with Crippen molar-refractivity contribution >= 4 is 11.0 Å². The molecule has 0 amide bonds. The van der Waals surface area contributed by atoms with Gasteiger partial charge in [-0.3, -0.25) is 5.84 Å². The molecule has 1 aromatic carbocycles. The number of nitrogen functional groups attached to an aromatic ring is 1. The Labute approximate surface area is 93.9 Å². The zero-order chi connectivity index (χ0) is 10.1. The highest BCUT2D eigenvalue weighted by molar-refractivity contribution is 5.72. The number of benzene rings is 1. The third kappa shape index (κ3) is 1.62. The average Bonchev–Trinajstić information content (AvgIpc) is 2.45. The average molecular weight is 223 g/mol. The first kappa shape index (κ1) is 11.3. The van der Waals surface area contributed by atoms with Crippen molar-refractivity contribution < 1.29 is 17.0 Å². The molecular formula is C10H11ClN4. The predicted octanol–water partition coefficient (Wildman–Crippen LogP) is -2.52. The van der Waals surface area contributed by atoms with Gasteiger partial charge in [0.05, 0.1) is 0 Å². The van der Waals surface area contributed by atoms with Crippen LogP contribution in [0.15, 0.2) is 24.3 Å². The maximum atomic E-state index is 8.69. The van der Waals surface area contributed by atoms with Gasteiger partial charge in [0.15, 0.2) is 17.6 Å². The van der Waals surface area contributed by atoms with E-state index in [4.69, 9.17) is 11.1 Å². The van der Waals surface area contributed by atoms with Crippen molar-refractivity contribution in [1.29, 1.82) is 5.26 Å². The maximum absolute atomic E-state index is 8.69. The number of hydrogen-bond acceptors (Lipinski definition) is 2. The minimum Gasteiger partial charge on any atom is -1.00 e. The van der Waals surface area contributed by atoms with Crippen molar-refractivity contribution in [1.82, 2.24) is 4.68 Å². The Morgan fingerprint density at radius 2 is 2.13 bits per heavy atom. The topological polar surface area (TPSA) is 58.6 Å². The van der Waals surface area contributed by atoms with E-state index in [9.17, 15) is 0 Å². The van der Waals surface area contributed by atoms with Crippen LogP contribution < -0.4 is 22.8 Å². The van der Waals surface area contributed by atoms with E-state index >= 15 is 0 Å². The summed E-state index contributed by atoms with van der Waals surface area (Å²) < 4.78 is 3.50. The summed E-state index contributed by atoms with van der Waals surface area (Å²) in [6.45, 7) is 2.23. The minimum absolute atomic E-state index is 0. The first-order chi connectivity index (χ1) is 6.75. The van der Waals surface area contributed by atoms with Crippen molar-refractivity contribution in [2.24, 2.45) is 0 Å². The molecule has 0 unspecified atom stereocenters. The van der Waals surface area contributed by atoms with Gasteiger partial charge in [0.1, 0.15) is 6.07 Å². The molecule has 0 bridgehead atoms. The molecule has 78 valence electrons. The van der Waals surface area contributed by atoms with Crippen LogP contribution in [-0.2, 0) is 6.54 Å². The number of imidazole rings is 1. The normalized spacial score (nSPS) is 9.60. The van der Waals surface area contributed by atoms with Crippen molar-refractivity contribution in [2.75, 3.05) is 5.84 Å². The molecule has 2 aromatic rings. The van der Waals surface area contributed by atoms with Gasteiger partial charge in [-0.2, -0.15) is 5.26 Å². The van der Waals surface area contributed by atoms with Crippen LogP contribution in [0.2, 0.25) is 0 Å². The van der Waals surface area contributed by atoms with Crippen LogP contribution in [0.5, 0.6) is 0 Å². The summed E-state index contributed by atoms with van der Waals surface area (Å²) >= 11 is 0. The van der Waals surface area contributed by atoms with Crippen LogP contribution in [0.4, 0.5) is 0 Å². The first-order valence-electron chi connectivity index (χ1n) is 4.37. The third-order valence-electron chi connectivity index (χ3n) is 2.40. The molecule has 0 atom stereocenters. The second-order valence-electron chi connectivity index (χ2n) is 3.15. The Bertz CT molecular complexity index is 524. The fourth-order valence-electron chi connectivity index (χ4n) is 1.65. The van der Waals surface area contributed by atoms with Crippen LogP contribution >= 0.6 is 0 Å². The fraction of sp³-hybridized carbons (Fsp3) is 0.200. The zero-order valence-corrected chi connectivity index (χ0v) is 9.07. The lowest BCUT2D eigenvalue weighted by Gasteiger charge is -1.90. The highest BCUT2D eigenvalue weighted by Crippen LogP contribution is 2.10. The van der Waals surface area contributed by atoms with Gasteiger partial charge in [-0.15, -0.1) is 4.68 Å². The second kappa shape index (κ2) is 4.20. The lowest BCUT2D eigenvalue weighted by Crippen LogP contribution is -3.00. The summed E-state index contributed by atoms with van der Waals surface area (Å²) in [5.74, 6) is 6.74. The Hall–Kier alpha value is -1.73. The summed E-state index contributed by atoms with van der Waals surface area (Å²) in [7, 11) is 0. The molecule has 5 heteroatoms. The highest BCUT2D eigenvalue weighted by Gasteiger charge is 2.18. The highest BCUT2D eigenvalue weighted by atomic mass is 35.5. The van der Waals surface area contributed by atoms with E-state index in [0.29, 0.717) is 6.54 Å². The molecule has 0 aliphatic rings. The molecule has 2 N–H and O–H groups in total. The number of hydrogen-bond donors (Lipinski definition) is 1. The molecule has 0 fully saturated rings. The Morgan fingerprint density at radius 1 is 1.47 bits per heavy atom. The number of nitriles is 1. The monoisotopic (exact) mass is 222 g/mol. The van der Waals surface area contributed by atoms with E-state index < -0.39 is 0 Å². The number of aromatic nitrogens is 2. The Balaban J connectivity index is 0.00000112. The SMILES string of the molecule is Cc1n(N)c2ccccc2[n+]1CC#N.[Cl-]. The van der Waals surface area contributed by atoms with Gasteiger partial charge in [0, 0.05) is 6.92 Å². The molecule has 0 aliphatic carbocycles. The molecule has 2 rings (SSSR count). The molecule has 0 aliphatic heterocycles. The van der Waals surface area contributed by atoms with Gasteiger partial charge in [-0.05, 0) is 12.1 Å². The van der Waals surface area contributed by atoms with E-state index in [2.05, 4.69) is 6.07 Å². The quantitative estimate of drug-likeness (QED) is 0.428. The van der Waals surface area contributed by atoms with Crippen molar-refractivity contribution in [2.45, 2.75) is 13.5 Å². The molecular weight excluding hydrogens is 212 g/mol. The van der Waals surface area contributed by atoms with Gasteiger partial charge in [0.25, 0.3) is 5.82 Å². The summed E-state index contributed by atoms with van der Waals surface area (Å²) in [6, 6.07) is 9.90. The second-order valence-corrected chi connectivity index (χ2v) is 3.15. The van der Waals surface area contributed by atoms with E-state index in [1.54, 1.807) is 4.68 Å². The smallest absolute Gasteiger partial charge is 0.278 e. The summed E-state index contributed by atoms with van der Waals surface area (Å²) in [5.41, 5.74) is 1.94. The lowest BCUT2D eigenvalue weighted by molar-refractivity contribution is -0.666. The minimum atomic E-state index is 0. The van der Waals surface area contributed by atoms with Crippen LogP contribution in [0, 0.1) is 18.3 Å². The molecule has 0 saturated heterocycles. The number of nitrogens with zero attached hydrogens (tertiary/aromatic N) is 3. The number of fused-ring (bicyclic) bond motifs is 1. The van der Waals surface area contributed by atoms with E-state index in [0.717, 1.165) is 16.9 Å². The molecule has 0 spiro atoms. The number of halogens is 1. The van der Waals surface area contributed by atoms with Gasteiger partial charge < -0.3 is 12.4 Å². The standard InChI is InChI=1S/C10H11N4.ClH/c1-8-13(7-6-11)9-4-2-3-5-10(9)14(8)12;/h2-5H,7,12H2,1H3;1H/q+1;/p-1. The van der Waals surface area contributed by atoms with Crippen molar-refractivity contribution in [3.8, 4) is 6.07 Å². The molecule has 1 aromatic heterocycles. The molecule has 0 radical (unpaired) electrons. The van der Waals surface area contributed by atoms with E-state index in [1.165, 1.54) is 0 Å². The maximum Gasteiger partial charge on any atom is 0.278 e. The van der Waals surface area contributed by atoms with E-state index in [-0.39, 0.29) is 12.4 Å². The summed E-state index contributed by atoms with van der Waals surface area (Å²) in [6.07, 6.45) is 0. The van der Waals surface area contributed by atoms with Crippen molar-refractivity contribution in [3.05, 3.63) is 30.1 Å². The van der Waals surface area contributed by atoms with Gasteiger partial charge in [-0.1, -0.05) is 12.1 Å². The predicted molar refractivity (Wildman–Crippen MR) is 52.6 cm³/mol. The van der Waals surface area contributed by atoms with Gasteiger partial charge in [-0.25, -0.2) is 4.57 Å². The van der Waals surface area contributed by atoms with Crippen LogP contribution in [-0.4, -0.2) is 4.68 Å². The van der Waals surface area contributed by atoms with Crippen LogP contribution in [0.1, 0.15) is 5.82 Å². The molecule has 0 saturated carbocycles. The number of rotatable bonds is 1. The van der Waals surface area contributed by atoms with Crippen LogP contribution in [0.25, 0.3) is 11.0 Å². The molecule has 4 nitrogen and oxygen atoms in total. The summed E-state index contributed by atoms with van der Waals surface area (Å²) in [4.78, 5) is 0. The van der Waals surface area contributed by atoms with E-state index in [1.807, 2.05) is 35.8 Å².